The van der Waals surface area contributed by atoms with Gasteiger partial charge in [0.15, 0.2) is 0 Å². The summed E-state index contributed by atoms with van der Waals surface area (Å²) in [7, 11) is 0. The second-order valence-corrected chi connectivity index (χ2v) is 8.19. The van der Waals surface area contributed by atoms with Crippen LogP contribution in [0.2, 0.25) is 0 Å². The maximum atomic E-state index is 13.6. The molecule has 4 rings (SSSR count). The molecule has 0 fully saturated rings. The highest BCUT2D eigenvalue weighted by Gasteiger charge is 2.27. The van der Waals surface area contributed by atoms with Crippen molar-refractivity contribution in [3.8, 4) is 5.69 Å². The Morgan fingerprint density at radius 1 is 0.939 bits per heavy atom. The number of carbonyl (C=O) groups is 1. The van der Waals surface area contributed by atoms with Crippen molar-refractivity contribution in [2.75, 3.05) is 6.54 Å². The molecule has 5 heteroatoms. The molecule has 33 heavy (non-hydrogen) atoms. The Bertz CT molecular complexity index is 1310. The van der Waals surface area contributed by atoms with E-state index in [1.165, 1.54) is 5.56 Å². The molecule has 0 saturated carbocycles. The summed E-state index contributed by atoms with van der Waals surface area (Å²) >= 11 is 0. The molecule has 0 radical (unpaired) electrons. The lowest BCUT2D eigenvalue weighted by Gasteiger charge is -2.30. The predicted octanol–water partition coefficient (Wildman–Crippen LogP) is 5.56. The van der Waals surface area contributed by atoms with Gasteiger partial charge in [0.1, 0.15) is 5.82 Å². The lowest BCUT2D eigenvalue weighted by molar-refractivity contribution is 0.0681. The van der Waals surface area contributed by atoms with Crippen LogP contribution < -0.4 is 5.56 Å². The fourth-order valence-electron chi connectivity index (χ4n) is 4.16. The van der Waals surface area contributed by atoms with Gasteiger partial charge in [-0.15, -0.1) is 0 Å². The normalized spacial score (nSPS) is 12.0. The lowest BCUT2D eigenvalue weighted by atomic mass is 10.1. The van der Waals surface area contributed by atoms with E-state index in [9.17, 15) is 9.59 Å². The number of para-hydroxylation sites is 1. The van der Waals surface area contributed by atoms with Gasteiger partial charge in [0.05, 0.1) is 22.6 Å². The van der Waals surface area contributed by atoms with E-state index in [4.69, 9.17) is 4.98 Å². The van der Waals surface area contributed by atoms with Crippen molar-refractivity contribution in [2.45, 2.75) is 39.7 Å². The first-order valence-electron chi connectivity index (χ1n) is 11.5. The minimum atomic E-state index is -0.402. The average molecular weight is 440 g/mol. The molecule has 0 saturated heterocycles. The number of amides is 1. The van der Waals surface area contributed by atoms with E-state index in [0.717, 1.165) is 18.5 Å². The summed E-state index contributed by atoms with van der Waals surface area (Å²) in [5.41, 5.74) is 3.08. The van der Waals surface area contributed by atoms with Crippen molar-refractivity contribution in [3.63, 3.8) is 0 Å². The quantitative estimate of drug-likeness (QED) is 0.379. The average Bonchev–Trinajstić information content (AvgIpc) is 2.87. The molecule has 0 bridgehead atoms. The molecular formula is C28H29N3O2. The van der Waals surface area contributed by atoms with Crippen molar-refractivity contribution in [1.82, 2.24) is 14.5 Å². The summed E-state index contributed by atoms with van der Waals surface area (Å²) in [4.78, 5) is 33.8. The van der Waals surface area contributed by atoms with Crippen molar-refractivity contribution in [2.24, 2.45) is 0 Å². The monoisotopic (exact) mass is 439 g/mol. The van der Waals surface area contributed by atoms with Gasteiger partial charge in [0.25, 0.3) is 11.5 Å². The molecule has 1 atom stereocenters. The molecule has 168 valence electrons. The largest absolute Gasteiger partial charge is 0.329 e. The molecule has 1 unspecified atom stereocenters. The van der Waals surface area contributed by atoms with E-state index in [1.807, 2.05) is 91.5 Å². The fourth-order valence-corrected chi connectivity index (χ4v) is 4.16. The van der Waals surface area contributed by atoms with Gasteiger partial charge in [0.2, 0.25) is 0 Å². The van der Waals surface area contributed by atoms with Crippen LogP contribution in [0.15, 0.2) is 83.7 Å². The first-order chi connectivity index (χ1) is 16.0. The summed E-state index contributed by atoms with van der Waals surface area (Å²) in [5, 5.41) is 0.560. The Morgan fingerprint density at radius 2 is 1.61 bits per heavy atom. The van der Waals surface area contributed by atoms with Crippen LogP contribution in [-0.4, -0.2) is 26.9 Å². The summed E-state index contributed by atoms with van der Waals surface area (Å²) in [5.74, 6) is 0.487. The second kappa shape index (κ2) is 9.82. The number of aromatic nitrogens is 2. The van der Waals surface area contributed by atoms with Crippen LogP contribution in [0.4, 0.5) is 0 Å². The van der Waals surface area contributed by atoms with Gasteiger partial charge in [-0.25, -0.2) is 4.98 Å². The Morgan fingerprint density at radius 3 is 2.27 bits per heavy atom. The molecule has 0 spiro atoms. The molecule has 1 amide bonds. The van der Waals surface area contributed by atoms with Gasteiger partial charge in [-0.2, -0.15) is 0 Å². The first kappa shape index (κ1) is 22.5. The molecule has 1 aromatic heterocycles. The maximum absolute atomic E-state index is 13.6. The van der Waals surface area contributed by atoms with Gasteiger partial charge in [-0.05, 0) is 61.7 Å². The Hall–Kier alpha value is -3.73. The van der Waals surface area contributed by atoms with Crippen LogP contribution in [0, 0.1) is 0 Å². The Balaban J connectivity index is 1.90. The van der Waals surface area contributed by atoms with Gasteiger partial charge >= 0.3 is 0 Å². The number of carbonyl (C=O) groups excluding carboxylic acids is 1. The third-order valence-electron chi connectivity index (χ3n) is 5.99. The number of hydrogen-bond donors (Lipinski definition) is 0. The third-order valence-corrected chi connectivity index (χ3v) is 5.99. The van der Waals surface area contributed by atoms with Crippen molar-refractivity contribution in [1.29, 1.82) is 0 Å². The Kier molecular flexibility index (Phi) is 6.68. The minimum absolute atomic E-state index is 0.0692. The van der Waals surface area contributed by atoms with E-state index in [0.29, 0.717) is 28.8 Å². The zero-order chi connectivity index (χ0) is 23.4. The minimum Gasteiger partial charge on any atom is -0.329 e. The first-order valence-corrected chi connectivity index (χ1v) is 11.5. The van der Waals surface area contributed by atoms with Crippen LogP contribution >= 0.6 is 0 Å². The van der Waals surface area contributed by atoms with E-state index in [2.05, 4.69) is 6.92 Å². The van der Waals surface area contributed by atoms with Gasteiger partial charge in [0, 0.05) is 12.1 Å². The molecule has 4 aromatic rings. The predicted molar refractivity (Wildman–Crippen MR) is 133 cm³/mol. The third kappa shape index (κ3) is 4.44. The van der Waals surface area contributed by atoms with Gasteiger partial charge < -0.3 is 4.90 Å². The summed E-state index contributed by atoms with van der Waals surface area (Å²) in [6.07, 6.45) is 1.72. The van der Waals surface area contributed by atoms with Crippen molar-refractivity contribution >= 4 is 16.8 Å². The van der Waals surface area contributed by atoms with Crippen molar-refractivity contribution < 1.29 is 4.79 Å². The zero-order valence-electron chi connectivity index (χ0n) is 19.4. The second-order valence-electron chi connectivity index (χ2n) is 8.19. The molecule has 0 aliphatic rings. The number of rotatable bonds is 7. The highest BCUT2D eigenvalue weighted by atomic mass is 16.2. The molecule has 0 aliphatic heterocycles. The van der Waals surface area contributed by atoms with Gasteiger partial charge in [-0.3, -0.25) is 14.2 Å². The van der Waals surface area contributed by atoms with Crippen LogP contribution in [0.5, 0.6) is 0 Å². The topological polar surface area (TPSA) is 55.2 Å². The van der Waals surface area contributed by atoms with Crippen LogP contribution in [-0.2, 0) is 6.42 Å². The van der Waals surface area contributed by atoms with E-state index in [1.54, 1.807) is 10.6 Å². The van der Waals surface area contributed by atoms with E-state index < -0.39 is 6.04 Å². The highest BCUT2D eigenvalue weighted by Crippen LogP contribution is 2.25. The number of benzene rings is 3. The van der Waals surface area contributed by atoms with Crippen molar-refractivity contribution in [3.05, 3.63) is 106 Å². The number of aryl methyl sites for hydroxylation is 1. The highest BCUT2D eigenvalue weighted by molar-refractivity contribution is 5.94. The molecule has 5 nitrogen and oxygen atoms in total. The number of fused-ring (bicyclic) bond motifs is 1. The molecular weight excluding hydrogens is 410 g/mol. The SMILES string of the molecule is CCCN(C(=O)c1ccccc1)C(C)c1nc2ccccc2c(=O)n1-c1ccc(CC)cc1. The molecule has 0 N–H and O–H groups in total. The zero-order valence-corrected chi connectivity index (χ0v) is 19.4. The van der Waals surface area contributed by atoms with Gasteiger partial charge in [-0.1, -0.05) is 56.3 Å². The molecule has 0 aliphatic carbocycles. The lowest BCUT2D eigenvalue weighted by Crippen LogP contribution is -2.38. The van der Waals surface area contributed by atoms with Crippen LogP contribution in [0.1, 0.15) is 55.0 Å². The standard InChI is InChI=1S/C28H29N3O2/c1-4-19-30(27(32)22-11-7-6-8-12-22)20(3)26-29-25-14-10-9-13-24(25)28(33)31(26)23-17-15-21(5-2)16-18-23/h6-18,20H,4-5,19H2,1-3H3. The van der Waals surface area contributed by atoms with E-state index in [-0.39, 0.29) is 11.5 Å². The summed E-state index contributed by atoms with van der Waals surface area (Å²) in [6.45, 7) is 6.66. The fraction of sp³-hybridized carbons (Fsp3) is 0.250. The molecule has 3 aromatic carbocycles. The number of nitrogens with zero attached hydrogens (tertiary/aromatic N) is 3. The van der Waals surface area contributed by atoms with E-state index >= 15 is 0 Å². The number of hydrogen-bond acceptors (Lipinski definition) is 3. The summed E-state index contributed by atoms with van der Waals surface area (Å²) in [6, 6.07) is 24.2. The molecule has 1 heterocycles. The van der Waals surface area contributed by atoms with Crippen LogP contribution in [0.25, 0.3) is 16.6 Å². The Labute approximate surface area is 194 Å². The van der Waals surface area contributed by atoms with Crippen LogP contribution in [0.3, 0.4) is 0 Å². The maximum Gasteiger partial charge on any atom is 0.266 e. The summed E-state index contributed by atoms with van der Waals surface area (Å²) < 4.78 is 1.66. The smallest absolute Gasteiger partial charge is 0.266 e.